The van der Waals surface area contributed by atoms with E-state index < -0.39 is 17.7 Å². The molecule has 1 aliphatic rings. The SMILES string of the molecule is CC(c1c(F)cccc1F)N(C)C(=O)[C@H]1CNC[C@@H]1c1cnn(C)c1.Cl. The van der Waals surface area contributed by atoms with Crippen LogP contribution in [0.15, 0.2) is 30.6 Å². The molecular formula is C18H23ClF2N4O. The van der Waals surface area contributed by atoms with Crippen LogP contribution in [0.25, 0.3) is 0 Å². The van der Waals surface area contributed by atoms with Crippen LogP contribution in [-0.2, 0) is 11.8 Å². The number of amides is 1. The summed E-state index contributed by atoms with van der Waals surface area (Å²) in [4.78, 5) is 14.4. The zero-order chi connectivity index (χ0) is 18.1. The second-order valence-corrected chi connectivity index (χ2v) is 6.58. The van der Waals surface area contributed by atoms with E-state index in [4.69, 9.17) is 0 Å². The number of benzene rings is 1. The van der Waals surface area contributed by atoms with Crippen molar-refractivity contribution in [2.24, 2.45) is 13.0 Å². The summed E-state index contributed by atoms with van der Waals surface area (Å²) in [6.07, 6.45) is 3.66. The van der Waals surface area contributed by atoms with Gasteiger partial charge in [0.1, 0.15) is 11.6 Å². The highest BCUT2D eigenvalue weighted by atomic mass is 35.5. The van der Waals surface area contributed by atoms with Crippen LogP contribution < -0.4 is 5.32 Å². The Kier molecular flexibility index (Phi) is 6.36. The van der Waals surface area contributed by atoms with Gasteiger partial charge in [0.2, 0.25) is 5.91 Å². The normalized spacial score (nSPS) is 20.5. The standard InChI is InChI=1S/C18H22F2N4O.ClH/c1-11(17-15(19)5-4-6-16(17)20)24(3)18(25)14-9-21-8-13(14)12-7-22-23(2)10-12;/h4-7,10-11,13-14,21H,8-9H2,1-3H3;1H/t11?,13-,14+;/m1./s1. The summed E-state index contributed by atoms with van der Waals surface area (Å²) in [6, 6.07) is 3.05. The van der Waals surface area contributed by atoms with Crippen LogP contribution in [0.2, 0.25) is 0 Å². The number of rotatable bonds is 4. The molecule has 8 heteroatoms. The Labute approximate surface area is 157 Å². The van der Waals surface area contributed by atoms with Crippen LogP contribution in [0, 0.1) is 17.6 Å². The number of aryl methyl sites for hydroxylation is 1. The molecule has 1 saturated heterocycles. The van der Waals surface area contributed by atoms with Gasteiger partial charge in [-0.25, -0.2) is 8.78 Å². The summed E-state index contributed by atoms with van der Waals surface area (Å²) in [5.74, 6) is -1.69. The smallest absolute Gasteiger partial charge is 0.227 e. The Morgan fingerprint density at radius 3 is 2.58 bits per heavy atom. The fourth-order valence-electron chi connectivity index (χ4n) is 3.48. The van der Waals surface area contributed by atoms with Crippen molar-refractivity contribution in [1.29, 1.82) is 0 Å². The maximum atomic E-state index is 14.0. The van der Waals surface area contributed by atoms with E-state index in [-0.39, 0.29) is 35.7 Å². The summed E-state index contributed by atoms with van der Waals surface area (Å²) in [5, 5.41) is 7.41. The Balaban J connectivity index is 0.00000243. The van der Waals surface area contributed by atoms with Gasteiger partial charge in [0, 0.05) is 44.9 Å². The van der Waals surface area contributed by atoms with E-state index in [1.165, 1.54) is 23.1 Å². The topological polar surface area (TPSA) is 50.2 Å². The molecule has 142 valence electrons. The maximum Gasteiger partial charge on any atom is 0.227 e. The molecule has 1 aromatic carbocycles. The predicted molar refractivity (Wildman–Crippen MR) is 97.1 cm³/mol. The zero-order valence-corrected chi connectivity index (χ0v) is 15.8. The number of nitrogens with one attached hydrogen (secondary N) is 1. The van der Waals surface area contributed by atoms with E-state index >= 15 is 0 Å². The van der Waals surface area contributed by atoms with Gasteiger partial charge in [-0.05, 0) is 24.6 Å². The quantitative estimate of drug-likeness (QED) is 0.881. The minimum absolute atomic E-state index is 0. The Morgan fingerprint density at radius 2 is 2.00 bits per heavy atom. The third kappa shape index (κ3) is 3.73. The molecule has 2 aromatic rings. The van der Waals surface area contributed by atoms with Crippen molar-refractivity contribution in [3.05, 3.63) is 53.4 Å². The summed E-state index contributed by atoms with van der Waals surface area (Å²) in [6.45, 7) is 2.86. The van der Waals surface area contributed by atoms with Crippen LogP contribution >= 0.6 is 12.4 Å². The molecule has 0 spiro atoms. The molecule has 26 heavy (non-hydrogen) atoms. The van der Waals surface area contributed by atoms with Crippen LogP contribution in [0.5, 0.6) is 0 Å². The molecule has 0 radical (unpaired) electrons. The van der Waals surface area contributed by atoms with Crippen molar-refractivity contribution >= 4 is 18.3 Å². The molecular weight excluding hydrogens is 362 g/mol. The Morgan fingerprint density at radius 1 is 1.35 bits per heavy atom. The van der Waals surface area contributed by atoms with E-state index in [2.05, 4.69) is 10.4 Å². The van der Waals surface area contributed by atoms with Crippen LogP contribution in [0.4, 0.5) is 8.78 Å². The molecule has 1 aromatic heterocycles. The first-order valence-corrected chi connectivity index (χ1v) is 8.30. The predicted octanol–water partition coefficient (Wildman–Crippen LogP) is 2.64. The first-order valence-electron chi connectivity index (χ1n) is 8.30. The van der Waals surface area contributed by atoms with Gasteiger partial charge in [-0.2, -0.15) is 5.10 Å². The third-order valence-corrected chi connectivity index (χ3v) is 5.03. The van der Waals surface area contributed by atoms with E-state index in [0.717, 1.165) is 5.56 Å². The second-order valence-electron chi connectivity index (χ2n) is 6.58. The number of nitrogens with zero attached hydrogens (tertiary/aromatic N) is 3. The fourth-order valence-corrected chi connectivity index (χ4v) is 3.48. The zero-order valence-electron chi connectivity index (χ0n) is 14.9. The Hall–Kier alpha value is -1.99. The largest absolute Gasteiger partial charge is 0.338 e. The first-order chi connectivity index (χ1) is 11.9. The summed E-state index contributed by atoms with van der Waals surface area (Å²) in [7, 11) is 3.43. The van der Waals surface area contributed by atoms with Gasteiger partial charge in [0.15, 0.2) is 0 Å². The first kappa shape index (κ1) is 20.3. The number of carbonyl (C=O) groups is 1. The molecule has 1 N–H and O–H groups in total. The van der Waals surface area contributed by atoms with Crippen LogP contribution in [-0.4, -0.2) is 40.7 Å². The molecule has 1 fully saturated rings. The average Bonchev–Trinajstić information content (AvgIpc) is 3.21. The molecule has 5 nitrogen and oxygen atoms in total. The lowest BCUT2D eigenvalue weighted by molar-refractivity contribution is -0.136. The summed E-state index contributed by atoms with van der Waals surface area (Å²) in [5.41, 5.74) is 0.909. The number of halogens is 3. The van der Waals surface area contributed by atoms with Gasteiger partial charge >= 0.3 is 0 Å². The Bertz CT molecular complexity index is 762. The van der Waals surface area contributed by atoms with Gasteiger partial charge in [-0.15, -0.1) is 12.4 Å². The summed E-state index contributed by atoms with van der Waals surface area (Å²) >= 11 is 0. The van der Waals surface area contributed by atoms with Crippen molar-refractivity contribution in [2.45, 2.75) is 18.9 Å². The van der Waals surface area contributed by atoms with Crippen molar-refractivity contribution in [2.75, 3.05) is 20.1 Å². The van der Waals surface area contributed by atoms with Gasteiger partial charge in [0.25, 0.3) is 0 Å². The van der Waals surface area contributed by atoms with Crippen molar-refractivity contribution in [3.8, 4) is 0 Å². The lowest BCUT2D eigenvalue weighted by Crippen LogP contribution is -2.38. The lowest BCUT2D eigenvalue weighted by atomic mass is 9.89. The van der Waals surface area contributed by atoms with E-state index in [9.17, 15) is 13.6 Å². The molecule has 0 aliphatic carbocycles. The number of carbonyl (C=O) groups excluding carboxylic acids is 1. The van der Waals surface area contributed by atoms with Gasteiger partial charge in [-0.3, -0.25) is 9.48 Å². The van der Waals surface area contributed by atoms with E-state index in [0.29, 0.717) is 13.1 Å². The molecule has 1 unspecified atom stereocenters. The second kappa shape index (κ2) is 8.14. The van der Waals surface area contributed by atoms with Crippen LogP contribution in [0.1, 0.15) is 30.0 Å². The average molecular weight is 385 g/mol. The molecule has 1 aliphatic heterocycles. The number of aromatic nitrogens is 2. The van der Waals surface area contributed by atoms with E-state index in [1.54, 1.807) is 24.9 Å². The monoisotopic (exact) mass is 384 g/mol. The minimum Gasteiger partial charge on any atom is -0.338 e. The maximum absolute atomic E-state index is 14.0. The molecule has 1 amide bonds. The number of hydrogen-bond acceptors (Lipinski definition) is 3. The van der Waals surface area contributed by atoms with Crippen molar-refractivity contribution in [3.63, 3.8) is 0 Å². The highest BCUT2D eigenvalue weighted by molar-refractivity contribution is 5.85. The van der Waals surface area contributed by atoms with Crippen LogP contribution in [0.3, 0.4) is 0 Å². The molecule has 3 atom stereocenters. The van der Waals surface area contributed by atoms with Gasteiger partial charge < -0.3 is 10.2 Å². The van der Waals surface area contributed by atoms with Gasteiger partial charge in [0.05, 0.1) is 18.2 Å². The molecule has 2 heterocycles. The van der Waals surface area contributed by atoms with Crippen molar-refractivity contribution in [1.82, 2.24) is 20.0 Å². The highest BCUT2D eigenvalue weighted by Crippen LogP contribution is 2.32. The van der Waals surface area contributed by atoms with E-state index in [1.807, 2.05) is 13.2 Å². The minimum atomic E-state index is -0.691. The summed E-state index contributed by atoms with van der Waals surface area (Å²) < 4.78 is 29.8. The molecule has 0 saturated carbocycles. The molecule has 3 rings (SSSR count). The highest BCUT2D eigenvalue weighted by Gasteiger charge is 2.38. The van der Waals surface area contributed by atoms with Gasteiger partial charge in [-0.1, -0.05) is 6.07 Å². The lowest BCUT2D eigenvalue weighted by Gasteiger charge is -2.30. The van der Waals surface area contributed by atoms with Crippen molar-refractivity contribution < 1.29 is 13.6 Å². The fraction of sp³-hybridized carbons (Fsp3) is 0.444. The molecule has 0 bridgehead atoms. The third-order valence-electron chi connectivity index (χ3n) is 5.03. The number of hydrogen-bond donors (Lipinski definition) is 1.